The molecule has 0 spiro atoms. The summed E-state index contributed by atoms with van der Waals surface area (Å²) < 4.78 is 2.02. The van der Waals surface area contributed by atoms with Crippen molar-refractivity contribution in [3.63, 3.8) is 0 Å². The Hall–Kier alpha value is -3.46. The van der Waals surface area contributed by atoms with Gasteiger partial charge in [0.05, 0.1) is 5.39 Å². The number of nitrogens with one attached hydrogen (secondary N) is 2. The minimum absolute atomic E-state index is 0.134. The third-order valence-electron chi connectivity index (χ3n) is 7.20. The zero-order chi connectivity index (χ0) is 24.4. The fourth-order valence-electron chi connectivity index (χ4n) is 5.08. The van der Waals surface area contributed by atoms with Crippen molar-refractivity contribution in [3.8, 4) is 0 Å². The SMILES string of the molecule is CNC(=O)c1cn(C2CCCCC2)c2nc(Nc3ccc(N4CCN(C)CC4)cc3)ncc2c1=O. The van der Waals surface area contributed by atoms with Crippen LogP contribution in [0.4, 0.5) is 17.3 Å². The van der Waals surface area contributed by atoms with Crippen molar-refractivity contribution in [2.24, 2.45) is 0 Å². The monoisotopic (exact) mass is 475 g/mol. The maximum atomic E-state index is 13.1. The standard InChI is InChI=1S/C26H33N7O2/c1-27-25(35)22-17-33(20-6-4-3-5-7-20)24-21(23(22)34)16-28-26(30-24)29-18-8-10-19(11-9-18)32-14-12-31(2)13-15-32/h8-11,16-17,20H,3-7,12-15H2,1-2H3,(H,27,35)(H,28,29,30). The number of fused-ring (bicyclic) bond motifs is 1. The normalized spacial score (nSPS) is 17.5. The number of amides is 1. The Morgan fingerprint density at radius 2 is 1.74 bits per heavy atom. The van der Waals surface area contributed by atoms with Crippen LogP contribution < -0.4 is 21.0 Å². The van der Waals surface area contributed by atoms with Crippen LogP contribution in [0.25, 0.3) is 11.0 Å². The minimum atomic E-state index is -0.385. The smallest absolute Gasteiger partial charge is 0.256 e. The number of carbonyl (C=O) groups is 1. The summed E-state index contributed by atoms with van der Waals surface area (Å²) >= 11 is 0. The molecule has 184 valence electrons. The number of hydrogen-bond donors (Lipinski definition) is 2. The van der Waals surface area contributed by atoms with Gasteiger partial charge in [0.2, 0.25) is 11.4 Å². The van der Waals surface area contributed by atoms with Gasteiger partial charge in [0.15, 0.2) is 0 Å². The van der Waals surface area contributed by atoms with E-state index in [9.17, 15) is 9.59 Å². The highest BCUT2D eigenvalue weighted by Crippen LogP contribution is 2.30. The van der Waals surface area contributed by atoms with Crippen LogP contribution in [-0.2, 0) is 0 Å². The highest BCUT2D eigenvalue weighted by atomic mass is 16.2. The van der Waals surface area contributed by atoms with Crippen LogP contribution in [0, 0.1) is 0 Å². The fourth-order valence-corrected chi connectivity index (χ4v) is 5.08. The largest absolute Gasteiger partial charge is 0.369 e. The molecule has 5 rings (SSSR count). The summed E-state index contributed by atoms with van der Waals surface area (Å²) in [7, 11) is 3.69. The van der Waals surface area contributed by atoms with E-state index in [2.05, 4.69) is 44.6 Å². The summed E-state index contributed by atoms with van der Waals surface area (Å²) in [6.07, 6.45) is 8.70. The van der Waals surface area contributed by atoms with Gasteiger partial charge in [-0.25, -0.2) is 4.98 Å². The van der Waals surface area contributed by atoms with E-state index < -0.39 is 0 Å². The van der Waals surface area contributed by atoms with Crippen molar-refractivity contribution >= 4 is 34.3 Å². The molecule has 0 bridgehead atoms. The van der Waals surface area contributed by atoms with Crippen LogP contribution in [0.3, 0.4) is 0 Å². The third kappa shape index (κ3) is 4.86. The first-order valence-electron chi connectivity index (χ1n) is 12.5. The summed E-state index contributed by atoms with van der Waals surface area (Å²) in [6.45, 7) is 4.17. The van der Waals surface area contributed by atoms with Crippen molar-refractivity contribution in [1.82, 2.24) is 24.8 Å². The van der Waals surface area contributed by atoms with Gasteiger partial charge in [0.25, 0.3) is 5.91 Å². The Kier molecular flexibility index (Phi) is 6.68. The number of piperazine rings is 1. The zero-order valence-corrected chi connectivity index (χ0v) is 20.5. The first-order valence-corrected chi connectivity index (χ1v) is 12.5. The van der Waals surface area contributed by atoms with Gasteiger partial charge >= 0.3 is 0 Å². The molecular weight excluding hydrogens is 442 g/mol. The van der Waals surface area contributed by atoms with E-state index in [1.165, 1.54) is 25.4 Å². The molecule has 35 heavy (non-hydrogen) atoms. The second-order valence-electron chi connectivity index (χ2n) is 9.54. The van der Waals surface area contributed by atoms with Crippen LogP contribution >= 0.6 is 0 Å². The molecule has 0 unspecified atom stereocenters. The lowest BCUT2D eigenvalue weighted by atomic mass is 9.95. The van der Waals surface area contributed by atoms with Gasteiger partial charge in [-0.2, -0.15) is 4.98 Å². The van der Waals surface area contributed by atoms with Crippen LogP contribution in [0.2, 0.25) is 0 Å². The van der Waals surface area contributed by atoms with E-state index in [0.717, 1.165) is 57.5 Å². The number of pyridine rings is 1. The molecule has 2 N–H and O–H groups in total. The van der Waals surface area contributed by atoms with Gasteiger partial charge in [0.1, 0.15) is 11.2 Å². The summed E-state index contributed by atoms with van der Waals surface area (Å²) in [6, 6.07) is 8.50. The first kappa shape index (κ1) is 23.3. The lowest BCUT2D eigenvalue weighted by molar-refractivity contribution is 0.0961. The molecule has 1 aliphatic carbocycles. The number of hydrogen-bond acceptors (Lipinski definition) is 7. The number of likely N-dealkylation sites (N-methyl/N-ethyl adjacent to an activating group) is 1. The predicted octanol–water partition coefficient (Wildman–Crippen LogP) is 3.15. The number of carbonyl (C=O) groups excluding carboxylic acids is 1. The summed E-state index contributed by atoms with van der Waals surface area (Å²) in [5.41, 5.74) is 2.46. The molecule has 1 saturated heterocycles. The lowest BCUT2D eigenvalue weighted by Gasteiger charge is -2.34. The van der Waals surface area contributed by atoms with Crippen molar-refractivity contribution in [1.29, 1.82) is 0 Å². The van der Waals surface area contributed by atoms with Gasteiger partial charge in [-0.1, -0.05) is 19.3 Å². The average molecular weight is 476 g/mol. The highest BCUT2D eigenvalue weighted by molar-refractivity contribution is 5.96. The van der Waals surface area contributed by atoms with Crippen LogP contribution in [0.15, 0.2) is 41.5 Å². The van der Waals surface area contributed by atoms with E-state index in [-0.39, 0.29) is 22.9 Å². The Balaban J connectivity index is 1.45. The van der Waals surface area contributed by atoms with Crippen molar-refractivity contribution in [3.05, 3.63) is 52.4 Å². The molecule has 0 radical (unpaired) electrons. The first-order chi connectivity index (χ1) is 17.0. The second-order valence-corrected chi connectivity index (χ2v) is 9.54. The van der Waals surface area contributed by atoms with E-state index in [1.54, 1.807) is 6.20 Å². The van der Waals surface area contributed by atoms with E-state index >= 15 is 0 Å². The Labute approximate surface area is 205 Å². The summed E-state index contributed by atoms with van der Waals surface area (Å²) in [4.78, 5) is 39.3. The quantitative estimate of drug-likeness (QED) is 0.585. The zero-order valence-electron chi connectivity index (χ0n) is 20.5. The molecular formula is C26H33N7O2. The number of benzene rings is 1. The van der Waals surface area contributed by atoms with E-state index in [0.29, 0.717) is 17.0 Å². The molecule has 1 saturated carbocycles. The number of rotatable bonds is 5. The molecule has 1 aromatic carbocycles. The molecule has 9 heteroatoms. The predicted molar refractivity (Wildman–Crippen MR) is 139 cm³/mol. The van der Waals surface area contributed by atoms with Crippen molar-refractivity contribution in [2.75, 3.05) is 50.5 Å². The van der Waals surface area contributed by atoms with E-state index in [4.69, 9.17) is 4.98 Å². The lowest BCUT2D eigenvalue weighted by Crippen LogP contribution is -2.44. The van der Waals surface area contributed by atoms with Gasteiger partial charge < -0.3 is 25.0 Å². The molecule has 2 fully saturated rings. The molecule has 3 heterocycles. The van der Waals surface area contributed by atoms with Gasteiger partial charge in [0, 0.05) is 63.0 Å². The highest BCUT2D eigenvalue weighted by Gasteiger charge is 2.22. The Morgan fingerprint density at radius 3 is 2.43 bits per heavy atom. The second kappa shape index (κ2) is 10.0. The average Bonchev–Trinajstić information content (AvgIpc) is 2.90. The number of nitrogens with zero attached hydrogens (tertiary/aromatic N) is 5. The summed E-state index contributed by atoms with van der Waals surface area (Å²) in [5, 5.41) is 6.24. The van der Waals surface area contributed by atoms with Crippen molar-refractivity contribution in [2.45, 2.75) is 38.1 Å². The molecule has 1 aliphatic heterocycles. The Bertz CT molecular complexity index is 1260. The van der Waals surface area contributed by atoms with E-state index in [1.807, 2.05) is 16.7 Å². The molecule has 2 aromatic heterocycles. The summed E-state index contributed by atoms with van der Waals surface area (Å²) in [5.74, 6) is 0.0469. The molecule has 3 aromatic rings. The van der Waals surface area contributed by atoms with Crippen molar-refractivity contribution < 1.29 is 4.79 Å². The van der Waals surface area contributed by atoms with Gasteiger partial charge in [-0.05, 0) is 44.2 Å². The maximum absolute atomic E-state index is 13.1. The maximum Gasteiger partial charge on any atom is 0.256 e. The molecule has 9 nitrogen and oxygen atoms in total. The van der Waals surface area contributed by atoms with Crippen LogP contribution in [0.5, 0.6) is 0 Å². The van der Waals surface area contributed by atoms with Gasteiger partial charge in [-0.3, -0.25) is 9.59 Å². The Morgan fingerprint density at radius 1 is 1.03 bits per heavy atom. The number of anilines is 3. The van der Waals surface area contributed by atoms with Gasteiger partial charge in [-0.15, -0.1) is 0 Å². The molecule has 0 atom stereocenters. The minimum Gasteiger partial charge on any atom is -0.369 e. The van der Waals surface area contributed by atoms with Crippen LogP contribution in [0.1, 0.15) is 48.5 Å². The fraction of sp³-hybridized carbons (Fsp3) is 0.462. The third-order valence-corrected chi connectivity index (χ3v) is 7.20. The molecule has 2 aliphatic rings. The van der Waals surface area contributed by atoms with Crippen LogP contribution in [-0.4, -0.2) is 65.6 Å². The number of aromatic nitrogens is 3. The molecule has 1 amide bonds. The topological polar surface area (TPSA) is 95.4 Å².